The highest BCUT2D eigenvalue weighted by Gasteiger charge is 2.11. The molecule has 0 saturated carbocycles. The Morgan fingerprint density at radius 2 is 2.11 bits per heavy atom. The highest BCUT2D eigenvalue weighted by molar-refractivity contribution is 6.30. The van der Waals surface area contributed by atoms with E-state index in [2.05, 4.69) is 10.6 Å². The molecule has 0 radical (unpaired) electrons. The summed E-state index contributed by atoms with van der Waals surface area (Å²) in [6.45, 7) is 0.351. The van der Waals surface area contributed by atoms with Gasteiger partial charge in [-0.15, -0.1) is 0 Å². The first-order valence-electron chi connectivity index (χ1n) is 5.58. The summed E-state index contributed by atoms with van der Waals surface area (Å²) in [4.78, 5) is 11.7. The molecule has 0 aromatic heterocycles. The molecule has 0 bridgehead atoms. The lowest BCUT2D eigenvalue weighted by Gasteiger charge is -2.17. The monoisotopic (exact) mass is 272 g/mol. The number of ether oxygens (including phenoxy) is 1. The Kier molecular flexibility index (Phi) is 6.49. The van der Waals surface area contributed by atoms with E-state index in [9.17, 15) is 4.79 Å². The van der Waals surface area contributed by atoms with Crippen molar-refractivity contribution < 1.29 is 14.6 Å². The van der Waals surface area contributed by atoms with Crippen molar-refractivity contribution in [1.82, 2.24) is 5.32 Å². The molecule has 0 saturated heterocycles. The zero-order chi connectivity index (χ0) is 13.4. The summed E-state index contributed by atoms with van der Waals surface area (Å²) in [5.74, 6) is 0. The standard InChI is InChI=1S/C12H17ClN2O3/c1-18-8-11(6-7-16)15-12(17)14-10-4-2-9(13)3-5-10/h2-5,11,16H,6-8H2,1H3,(H2,14,15,17). The lowest BCUT2D eigenvalue weighted by atomic mass is 10.2. The van der Waals surface area contributed by atoms with Crippen LogP contribution in [0, 0.1) is 0 Å². The van der Waals surface area contributed by atoms with Crippen molar-refractivity contribution in [3.8, 4) is 0 Å². The molecule has 1 atom stereocenters. The van der Waals surface area contributed by atoms with Crippen LogP contribution in [0.3, 0.4) is 0 Å². The van der Waals surface area contributed by atoms with Crippen LogP contribution in [-0.4, -0.2) is 37.5 Å². The second kappa shape index (κ2) is 7.92. The van der Waals surface area contributed by atoms with E-state index in [-0.39, 0.29) is 18.7 Å². The van der Waals surface area contributed by atoms with Gasteiger partial charge in [0.25, 0.3) is 0 Å². The number of rotatable bonds is 6. The van der Waals surface area contributed by atoms with Gasteiger partial charge in [-0.05, 0) is 30.7 Å². The number of aliphatic hydroxyl groups is 1. The molecule has 0 aliphatic rings. The number of carbonyl (C=O) groups is 1. The average molecular weight is 273 g/mol. The zero-order valence-corrected chi connectivity index (χ0v) is 10.9. The van der Waals surface area contributed by atoms with E-state index in [1.54, 1.807) is 31.4 Å². The number of methoxy groups -OCH3 is 1. The number of aliphatic hydroxyl groups excluding tert-OH is 1. The van der Waals surface area contributed by atoms with Gasteiger partial charge in [0.05, 0.1) is 12.6 Å². The van der Waals surface area contributed by atoms with Crippen molar-refractivity contribution in [2.45, 2.75) is 12.5 Å². The van der Waals surface area contributed by atoms with E-state index in [0.29, 0.717) is 23.7 Å². The van der Waals surface area contributed by atoms with Crippen LogP contribution in [0.1, 0.15) is 6.42 Å². The quantitative estimate of drug-likeness (QED) is 0.740. The van der Waals surface area contributed by atoms with Crippen LogP contribution in [0.25, 0.3) is 0 Å². The molecule has 100 valence electrons. The maximum Gasteiger partial charge on any atom is 0.319 e. The summed E-state index contributed by atoms with van der Waals surface area (Å²) in [5.41, 5.74) is 0.650. The molecule has 1 rings (SSSR count). The number of carbonyl (C=O) groups excluding carboxylic acids is 1. The van der Waals surface area contributed by atoms with Crippen LogP contribution in [0.4, 0.5) is 10.5 Å². The molecule has 0 aliphatic carbocycles. The third kappa shape index (κ3) is 5.35. The maximum atomic E-state index is 11.7. The number of hydrogen-bond donors (Lipinski definition) is 3. The first-order chi connectivity index (χ1) is 8.65. The van der Waals surface area contributed by atoms with Crippen LogP contribution in [0.15, 0.2) is 24.3 Å². The molecule has 2 amide bonds. The van der Waals surface area contributed by atoms with E-state index in [4.69, 9.17) is 21.4 Å². The number of urea groups is 1. The fourth-order valence-electron chi connectivity index (χ4n) is 1.44. The minimum absolute atomic E-state index is 0.00471. The molecule has 3 N–H and O–H groups in total. The average Bonchev–Trinajstić information content (AvgIpc) is 2.33. The first kappa shape index (κ1) is 14.8. The number of halogens is 1. The molecule has 6 heteroatoms. The van der Waals surface area contributed by atoms with Crippen LogP contribution < -0.4 is 10.6 Å². The van der Waals surface area contributed by atoms with E-state index < -0.39 is 0 Å². The Hall–Kier alpha value is -1.30. The summed E-state index contributed by atoms with van der Waals surface area (Å²) in [6, 6.07) is 6.24. The summed E-state index contributed by atoms with van der Waals surface area (Å²) in [5, 5.41) is 14.8. The van der Waals surface area contributed by atoms with E-state index in [0.717, 1.165) is 0 Å². The van der Waals surface area contributed by atoms with Gasteiger partial charge in [-0.1, -0.05) is 11.6 Å². The first-order valence-corrected chi connectivity index (χ1v) is 5.96. The van der Waals surface area contributed by atoms with Gasteiger partial charge in [0.2, 0.25) is 0 Å². The molecule has 0 aliphatic heterocycles. The Morgan fingerprint density at radius 1 is 1.44 bits per heavy atom. The normalized spacial score (nSPS) is 11.9. The lowest BCUT2D eigenvalue weighted by Crippen LogP contribution is -2.41. The number of amides is 2. The van der Waals surface area contributed by atoms with Crippen LogP contribution in [0.5, 0.6) is 0 Å². The van der Waals surface area contributed by atoms with Crippen molar-refractivity contribution in [2.24, 2.45) is 0 Å². The van der Waals surface area contributed by atoms with E-state index in [1.165, 1.54) is 0 Å². The number of anilines is 1. The van der Waals surface area contributed by atoms with Crippen molar-refractivity contribution in [3.63, 3.8) is 0 Å². The van der Waals surface area contributed by atoms with Gasteiger partial charge in [0.1, 0.15) is 0 Å². The lowest BCUT2D eigenvalue weighted by molar-refractivity contribution is 0.151. The Labute approximate surface area is 111 Å². The molecule has 5 nitrogen and oxygen atoms in total. The van der Waals surface area contributed by atoms with Gasteiger partial charge in [-0.3, -0.25) is 0 Å². The summed E-state index contributed by atoms with van der Waals surface area (Å²) >= 11 is 5.74. The van der Waals surface area contributed by atoms with Crippen LogP contribution >= 0.6 is 11.6 Å². The molecule has 1 unspecified atom stereocenters. The largest absolute Gasteiger partial charge is 0.396 e. The van der Waals surface area contributed by atoms with Gasteiger partial charge >= 0.3 is 6.03 Å². The summed E-state index contributed by atoms with van der Waals surface area (Å²) in [7, 11) is 1.54. The topological polar surface area (TPSA) is 70.6 Å². The minimum atomic E-state index is -0.340. The molecule has 0 fully saturated rings. The third-order valence-electron chi connectivity index (χ3n) is 2.28. The predicted octanol–water partition coefficient (Wildman–Crippen LogP) is 1.86. The number of benzene rings is 1. The second-order valence-electron chi connectivity index (χ2n) is 3.77. The fraction of sp³-hybridized carbons (Fsp3) is 0.417. The van der Waals surface area contributed by atoms with Crippen LogP contribution in [0.2, 0.25) is 5.02 Å². The number of hydrogen-bond acceptors (Lipinski definition) is 3. The molecule has 1 aromatic carbocycles. The third-order valence-corrected chi connectivity index (χ3v) is 2.53. The summed E-state index contributed by atoms with van der Waals surface area (Å²) in [6.07, 6.45) is 0.446. The molecule has 1 aromatic rings. The molecular formula is C12H17ClN2O3. The molecular weight excluding hydrogens is 256 g/mol. The minimum Gasteiger partial charge on any atom is -0.396 e. The van der Waals surface area contributed by atoms with Crippen molar-refractivity contribution >= 4 is 23.3 Å². The van der Waals surface area contributed by atoms with Crippen molar-refractivity contribution in [3.05, 3.63) is 29.3 Å². The molecule has 0 heterocycles. The van der Waals surface area contributed by atoms with Crippen molar-refractivity contribution in [1.29, 1.82) is 0 Å². The van der Waals surface area contributed by atoms with Gasteiger partial charge in [-0.2, -0.15) is 0 Å². The molecule has 18 heavy (non-hydrogen) atoms. The van der Waals surface area contributed by atoms with Gasteiger partial charge in [-0.25, -0.2) is 4.79 Å². The Balaban J connectivity index is 2.46. The number of nitrogens with one attached hydrogen (secondary N) is 2. The van der Waals surface area contributed by atoms with Crippen molar-refractivity contribution in [2.75, 3.05) is 25.6 Å². The van der Waals surface area contributed by atoms with Gasteiger partial charge in [0, 0.05) is 24.4 Å². The predicted molar refractivity (Wildman–Crippen MR) is 71.0 cm³/mol. The van der Waals surface area contributed by atoms with Gasteiger partial charge in [0.15, 0.2) is 0 Å². The van der Waals surface area contributed by atoms with Gasteiger partial charge < -0.3 is 20.5 Å². The smallest absolute Gasteiger partial charge is 0.319 e. The second-order valence-corrected chi connectivity index (χ2v) is 4.21. The fourth-order valence-corrected chi connectivity index (χ4v) is 1.57. The Morgan fingerprint density at radius 3 is 2.67 bits per heavy atom. The van der Waals surface area contributed by atoms with E-state index >= 15 is 0 Å². The van der Waals surface area contributed by atoms with E-state index in [1.807, 2.05) is 0 Å². The highest BCUT2D eigenvalue weighted by atomic mass is 35.5. The zero-order valence-electron chi connectivity index (χ0n) is 10.1. The molecule has 0 spiro atoms. The van der Waals surface area contributed by atoms with Crippen LogP contribution in [-0.2, 0) is 4.74 Å². The maximum absolute atomic E-state index is 11.7. The highest BCUT2D eigenvalue weighted by Crippen LogP contribution is 2.13. The SMILES string of the molecule is COCC(CCO)NC(=O)Nc1ccc(Cl)cc1. The Bertz CT molecular complexity index is 364. The summed E-state index contributed by atoms with van der Waals surface area (Å²) < 4.78 is 4.95.